The van der Waals surface area contributed by atoms with Crippen molar-refractivity contribution in [1.82, 2.24) is 5.32 Å². The van der Waals surface area contributed by atoms with Gasteiger partial charge in [0.1, 0.15) is 5.76 Å². The van der Waals surface area contributed by atoms with Gasteiger partial charge in [-0.1, -0.05) is 12.1 Å². The van der Waals surface area contributed by atoms with Crippen LogP contribution in [0.4, 0.5) is 0 Å². The first-order valence-corrected chi connectivity index (χ1v) is 8.54. The van der Waals surface area contributed by atoms with Crippen LogP contribution in [0, 0.1) is 0 Å². The lowest BCUT2D eigenvalue weighted by molar-refractivity contribution is 0.395. The minimum Gasteiger partial charge on any atom is -0.493 e. The van der Waals surface area contributed by atoms with E-state index in [4.69, 9.17) is 9.15 Å². The molecule has 3 rings (SSSR count). The van der Waals surface area contributed by atoms with E-state index in [0.29, 0.717) is 4.75 Å². The van der Waals surface area contributed by atoms with Gasteiger partial charge in [0.25, 0.3) is 0 Å². The van der Waals surface area contributed by atoms with Gasteiger partial charge < -0.3 is 14.5 Å². The highest BCUT2D eigenvalue weighted by atomic mass is 32.2. The minimum absolute atomic E-state index is 0.208. The maximum Gasteiger partial charge on any atom is 0.176 e. The molecule has 114 valence electrons. The predicted octanol–water partition coefficient (Wildman–Crippen LogP) is 4.38. The van der Waals surface area contributed by atoms with Gasteiger partial charge in [-0.25, -0.2) is 0 Å². The van der Waals surface area contributed by atoms with Crippen molar-refractivity contribution in [1.29, 1.82) is 0 Å². The van der Waals surface area contributed by atoms with Crippen LogP contribution in [0.2, 0.25) is 0 Å². The van der Waals surface area contributed by atoms with Crippen molar-refractivity contribution >= 4 is 22.7 Å². The van der Waals surface area contributed by atoms with Gasteiger partial charge in [0.2, 0.25) is 0 Å². The molecule has 1 aromatic carbocycles. The zero-order valence-corrected chi connectivity index (χ0v) is 13.8. The third-order valence-electron chi connectivity index (χ3n) is 4.26. The van der Waals surface area contributed by atoms with E-state index in [0.717, 1.165) is 29.0 Å². The highest BCUT2D eigenvalue weighted by molar-refractivity contribution is 8.00. The van der Waals surface area contributed by atoms with Gasteiger partial charge in [0, 0.05) is 16.7 Å². The Hall–Kier alpha value is -1.13. The first kappa shape index (κ1) is 14.8. The summed E-state index contributed by atoms with van der Waals surface area (Å²) in [5.41, 5.74) is 0.838. The number of benzene rings is 1. The molecule has 0 aliphatic carbocycles. The van der Waals surface area contributed by atoms with Gasteiger partial charge in [-0.15, -0.1) is 0 Å². The van der Waals surface area contributed by atoms with E-state index in [2.05, 4.69) is 43.1 Å². The van der Waals surface area contributed by atoms with Crippen molar-refractivity contribution in [2.24, 2.45) is 0 Å². The molecule has 2 unspecified atom stereocenters. The Morgan fingerprint density at radius 1 is 1.48 bits per heavy atom. The second-order valence-electron chi connectivity index (χ2n) is 6.03. The van der Waals surface area contributed by atoms with Crippen LogP contribution in [0.15, 0.2) is 28.7 Å². The molecule has 21 heavy (non-hydrogen) atoms. The van der Waals surface area contributed by atoms with Crippen LogP contribution in [0.25, 0.3) is 11.0 Å². The number of ether oxygens (including phenoxy) is 1. The zero-order valence-electron chi connectivity index (χ0n) is 12.9. The molecular formula is C17H23NO2S. The number of furan rings is 1. The molecule has 3 nitrogen and oxygen atoms in total. The smallest absolute Gasteiger partial charge is 0.176 e. The number of fused-ring (bicyclic) bond motifs is 1. The van der Waals surface area contributed by atoms with E-state index >= 15 is 0 Å². The Morgan fingerprint density at radius 2 is 2.33 bits per heavy atom. The summed E-state index contributed by atoms with van der Waals surface area (Å²) in [6.45, 7) is 5.53. The first-order valence-electron chi connectivity index (χ1n) is 7.55. The molecule has 2 heterocycles. The molecule has 0 saturated carbocycles. The molecule has 1 aliphatic rings. The molecule has 0 spiro atoms. The van der Waals surface area contributed by atoms with E-state index in [1.807, 2.05) is 12.1 Å². The van der Waals surface area contributed by atoms with E-state index in [1.165, 1.54) is 18.6 Å². The molecule has 0 amide bonds. The predicted molar refractivity (Wildman–Crippen MR) is 89.3 cm³/mol. The summed E-state index contributed by atoms with van der Waals surface area (Å²) in [4.78, 5) is 0. The third kappa shape index (κ3) is 3.06. The molecule has 2 atom stereocenters. The van der Waals surface area contributed by atoms with Gasteiger partial charge >= 0.3 is 0 Å². The fourth-order valence-corrected chi connectivity index (χ4v) is 4.13. The second-order valence-corrected chi connectivity index (χ2v) is 7.71. The van der Waals surface area contributed by atoms with Crippen molar-refractivity contribution < 1.29 is 9.15 Å². The maximum absolute atomic E-state index is 6.01. The lowest BCUT2D eigenvalue weighted by Gasteiger charge is -2.25. The summed E-state index contributed by atoms with van der Waals surface area (Å²) in [7, 11) is 1.68. The van der Waals surface area contributed by atoms with Gasteiger partial charge in [0.05, 0.1) is 13.2 Å². The summed E-state index contributed by atoms with van der Waals surface area (Å²) in [6.07, 6.45) is 2.63. The molecule has 0 radical (unpaired) electrons. The Kier molecular flexibility index (Phi) is 4.18. The first-order chi connectivity index (χ1) is 10.1. The molecule has 1 N–H and O–H groups in total. The van der Waals surface area contributed by atoms with Crippen LogP contribution in [0.5, 0.6) is 5.75 Å². The van der Waals surface area contributed by atoms with Crippen molar-refractivity contribution in [3.05, 3.63) is 30.0 Å². The van der Waals surface area contributed by atoms with Gasteiger partial charge in [0.15, 0.2) is 11.3 Å². The van der Waals surface area contributed by atoms with Crippen LogP contribution < -0.4 is 10.1 Å². The van der Waals surface area contributed by atoms with Crippen molar-refractivity contribution in [3.63, 3.8) is 0 Å². The summed E-state index contributed by atoms with van der Waals surface area (Å²) < 4.78 is 11.7. The quantitative estimate of drug-likeness (QED) is 0.889. The Labute approximate surface area is 130 Å². The van der Waals surface area contributed by atoms with Crippen LogP contribution >= 0.6 is 11.8 Å². The molecule has 2 aromatic rings. The highest BCUT2D eigenvalue weighted by Gasteiger charge is 2.29. The Balaban J connectivity index is 1.74. The van der Waals surface area contributed by atoms with Crippen molar-refractivity contribution in [3.8, 4) is 5.75 Å². The highest BCUT2D eigenvalue weighted by Crippen LogP contribution is 2.37. The molecule has 4 heteroatoms. The molecule has 1 fully saturated rings. The standard InChI is InChI=1S/C17H23NO2S/c1-12(18-11-17(2)8-5-9-21-17)15-10-13-6-4-7-14(19-3)16(13)20-15/h4,6-7,10,12,18H,5,8-9,11H2,1-3H3. The molecule has 1 aromatic heterocycles. The van der Waals surface area contributed by atoms with Crippen LogP contribution in [0.3, 0.4) is 0 Å². The maximum atomic E-state index is 6.01. The van der Waals surface area contributed by atoms with Gasteiger partial charge in [-0.05, 0) is 44.6 Å². The normalized spacial score (nSPS) is 23.6. The Bertz CT molecular complexity index is 616. The number of hydrogen-bond donors (Lipinski definition) is 1. The minimum atomic E-state index is 0.208. The monoisotopic (exact) mass is 305 g/mol. The largest absolute Gasteiger partial charge is 0.493 e. The topological polar surface area (TPSA) is 34.4 Å². The number of thioether (sulfide) groups is 1. The van der Waals surface area contributed by atoms with E-state index in [1.54, 1.807) is 7.11 Å². The van der Waals surface area contributed by atoms with Crippen molar-refractivity contribution in [2.75, 3.05) is 19.4 Å². The lowest BCUT2D eigenvalue weighted by Crippen LogP contribution is -2.34. The molecular weight excluding hydrogens is 282 g/mol. The van der Waals surface area contributed by atoms with Crippen molar-refractivity contribution in [2.45, 2.75) is 37.5 Å². The zero-order chi connectivity index (χ0) is 14.9. The summed E-state index contributed by atoms with van der Waals surface area (Å²) in [6, 6.07) is 8.31. The Morgan fingerprint density at radius 3 is 3.05 bits per heavy atom. The number of rotatable bonds is 5. The van der Waals surface area contributed by atoms with Crippen LogP contribution in [0.1, 0.15) is 38.5 Å². The summed E-state index contributed by atoms with van der Waals surface area (Å²) in [5, 5.41) is 4.72. The molecule has 0 bridgehead atoms. The fraction of sp³-hybridized carbons (Fsp3) is 0.529. The number of para-hydroxylation sites is 1. The number of nitrogens with one attached hydrogen (secondary N) is 1. The van der Waals surface area contributed by atoms with Crippen LogP contribution in [-0.2, 0) is 0 Å². The fourth-order valence-electron chi connectivity index (χ4n) is 2.88. The second kappa shape index (κ2) is 5.93. The third-order valence-corrected chi connectivity index (χ3v) is 5.79. The summed E-state index contributed by atoms with van der Waals surface area (Å²) >= 11 is 2.08. The average Bonchev–Trinajstić information content (AvgIpc) is 3.11. The SMILES string of the molecule is COc1cccc2cc(C(C)NCC3(C)CCCS3)oc12. The van der Waals surface area contributed by atoms with E-state index < -0.39 is 0 Å². The molecule has 1 saturated heterocycles. The average molecular weight is 305 g/mol. The van der Waals surface area contributed by atoms with Crippen LogP contribution in [-0.4, -0.2) is 24.2 Å². The lowest BCUT2D eigenvalue weighted by atomic mass is 10.1. The van der Waals surface area contributed by atoms with Gasteiger partial charge in [-0.2, -0.15) is 11.8 Å². The number of hydrogen-bond acceptors (Lipinski definition) is 4. The van der Waals surface area contributed by atoms with E-state index in [9.17, 15) is 0 Å². The number of methoxy groups -OCH3 is 1. The van der Waals surface area contributed by atoms with Gasteiger partial charge in [-0.3, -0.25) is 0 Å². The van der Waals surface area contributed by atoms with E-state index in [-0.39, 0.29) is 6.04 Å². The summed E-state index contributed by atoms with van der Waals surface area (Å²) in [5.74, 6) is 3.05. The molecule has 1 aliphatic heterocycles.